The third-order valence-corrected chi connectivity index (χ3v) is 4.38. The van der Waals surface area contributed by atoms with Crippen LogP contribution in [-0.4, -0.2) is 33.4 Å². The SMILES string of the molecule is CC(C)CCn1nc(CN(C)C(=O)OC(C)(C)C)cc1Oc1ccc(Br)cc1. The highest BCUT2D eigenvalue weighted by Gasteiger charge is 2.21. The number of aryl methyl sites for hydroxylation is 1. The van der Waals surface area contributed by atoms with Crippen LogP contribution in [0.5, 0.6) is 11.6 Å². The van der Waals surface area contributed by atoms with Gasteiger partial charge >= 0.3 is 6.09 Å². The average molecular weight is 452 g/mol. The van der Waals surface area contributed by atoms with Crippen LogP contribution in [0.4, 0.5) is 4.79 Å². The standard InChI is InChI=1S/C21H30BrN3O3/c1-15(2)11-12-25-19(27-18-9-7-16(22)8-10-18)13-17(23-25)14-24(6)20(26)28-21(3,4)5/h7-10,13,15H,11-12,14H2,1-6H3. The van der Waals surface area contributed by atoms with Crippen molar-refractivity contribution >= 4 is 22.0 Å². The van der Waals surface area contributed by atoms with Crippen LogP contribution in [-0.2, 0) is 17.8 Å². The van der Waals surface area contributed by atoms with Gasteiger partial charge in [-0.3, -0.25) is 0 Å². The van der Waals surface area contributed by atoms with E-state index in [1.54, 1.807) is 7.05 Å². The maximum atomic E-state index is 12.2. The molecule has 1 amide bonds. The number of carbonyl (C=O) groups is 1. The van der Waals surface area contributed by atoms with Crippen molar-refractivity contribution in [3.05, 3.63) is 40.5 Å². The molecule has 0 N–H and O–H groups in total. The molecule has 0 bridgehead atoms. The highest BCUT2D eigenvalue weighted by molar-refractivity contribution is 9.10. The van der Waals surface area contributed by atoms with Crippen molar-refractivity contribution in [1.82, 2.24) is 14.7 Å². The minimum absolute atomic E-state index is 0.348. The Kier molecular flexibility index (Phi) is 7.52. The van der Waals surface area contributed by atoms with Gasteiger partial charge in [0.05, 0.1) is 12.2 Å². The smallest absolute Gasteiger partial charge is 0.410 e. The molecule has 154 valence electrons. The number of carbonyl (C=O) groups excluding carboxylic acids is 1. The van der Waals surface area contributed by atoms with Crippen LogP contribution in [0.25, 0.3) is 0 Å². The van der Waals surface area contributed by atoms with E-state index in [2.05, 4.69) is 34.9 Å². The van der Waals surface area contributed by atoms with Crippen LogP contribution in [0.15, 0.2) is 34.8 Å². The molecule has 2 aromatic rings. The molecule has 0 spiro atoms. The summed E-state index contributed by atoms with van der Waals surface area (Å²) in [6, 6.07) is 9.54. The molecule has 0 saturated carbocycles. The van der Waals surface area contributed by atoms with Crippen LogP contribution in [0, 0.1) is 5.92 Å². The maximum Gasteiger partial charge on any atom is 0.410 e. The lowest BCUT2D eigenvalue weighted by atomic mass is 10.1. The maximum absolute atomic E-state index is 12.2. The van der Waals surface area contributed by atoms with E-state index in [0.717, 1.165) is 28.9 Å². The van der Waals surface area contributed by atoms with Gasteiger partial charge in [0.1, 0.15) is 11.4 Å². The quantitative estimate of drug-likeness (QED) is 0.529. The lowest BCUT2D eigenvalue weighted by Crippen LogP contribution is -2.33. The molecule has 0 fully saturated rings. The summed E-state index contributed by atoms with van der Waals surface area (Å²) in [6.07, 6.45) is 0.610. The van der Waals surface area contributed by atoms with Gasteiger partial charge in [-0.15, -0.1) is 0 Å². The molecular formula is C21H30BrN3O3. The van der Waals surface area contributed by atoms with Crippen molar-refractivity contribution in [1.29, 1.82) is 0 Å². The number of hydrogen-bond donors (Lipinski definition) is 0. The largest absolute Gasteiger partial charge is 0.444 e. The number of nitrogens with zero attached hydrogens (tertiary/aromatic N) is 3. The summed E-state index contributed by atoms with van der Waals surface area (Å²) in [7, 11) is 1.70. The molecule has 0 saturated heterocycles. The van der Waals surface area contributed by atoms with Gasteiger partial charge in [-0.2, -0.15) is 5.10 Å². The van der Waals surface area contributed by atoms with E-state index in [1.807, 2.05) is 55.8 Å². The lowest BCUT2D eigenvalue weighted by Gasteiger charge is -2.24. The Morgan fingerprint density at radius 3 is 2.46 bits per heavy atom. The Hall–Kier alpha value is -2.02. The van der Waals surface area contributed by atoms with E-state index in [9.17, 15) is 4.79 Å². The molecule has 28 heavy (non-hydrogen) atoms. The Labute approximate surface area is 175 Å². The van der Waals surface area contributed by atoms with Crippen LogP contribution in [0.1, 0.15) is 46.7 Å². The number of rotatable bonds is 7. The van der Waals surface area contributed by atoms with E-state index in [-0.39, 0.29) is 6.09 Å². The average Bonchev–Trinajstić information content (AvgIpc) is 2.94. The first-order valence-electron chi connectivity index (χ1n) is 9.48. The second-order valence-corrected chi connectivity index (χ2v) is 9.19. The summed E-state index contributed by atoms with van der Waals surface area (Å²) in [5.41, 5.74) is 0.224. The number of ether oxygens (including phenoxy) is 2. The van der Waals surface area contributed by atoms with Gasteiger partial charge in [0.25, 0.3) is 0 Å². The van der Waals surface area contributed by atoms with Gasteiger partial charge < -0.3 is 14.4 Å². The Morgan fingerprint density at radius 2 is 1.89 bits per heavy atom. The molecule has 0 aliphatic carbocycles. The molecular weight excluding hydrogens is 422 g/mol. The Balaban J connectivity index is 2.15. The van der Waals surface area contributed by atoms with Crippen LogP contribution in [0.2, 0.25) is 0 Å². The minimum atomic E-state index is -0.530. The van der Waals surface area contributed by atoms with Crippen LogP contribution in [0.3, 0.4) is 0 Å². The van der Waals surface area contributed by atoms with Crippen molar-refractivity contribution in [3.63, 3.8) is 0 Å². The summed E-state index contributed by atoms with van der Waals surface area (Å²) in [4.78, 5) is 13.7. The molecule has 7 heteroatoms. The van der Waals surface area contributed by atoms with Gasteiger partial charge in [0.15, 0.2) is 0 Å². The zero-order valence-corrected chi connectivity index (χ0v) is 19.1. The molecule has 0 radical (unpaired) electrons. The topological polar surface area (TPSA) is 56.6 Å². The van der Waals surface area contributed by atoms with Crippen molar-refractivity contribution in [2.75, 3.05) is 7.05 Å². The molecule has 2 rings (SSSR count). The Bertz CT molecular complexity index is 779. The fraction of sp³-hybridized carbons (Fsp3) is 0.524. The summed E-state index contributed by atoms with van der Waals surface area (Å²) in [6.45, 7) is 11.0. The van der Waals surface area contributed by atoms with E-state index in [1.165, 1.54) is 4.90 Å². The van der Waals surface area contributed by atoms with Crippen molar-refractivity contribution in [2.24, 2.45) is 5.92 Å². The van der Waals surface area contributed by atoms with Crippen molar-refractivity contribution < 1.29 is 14.3 Å². The Morgan fingerprint density at radius 1 is 1.25 bits per heavy atom. The number of amides is 1. The second-order valence-electron chi connectivity index (χ2n) is 8.27. The number of benzene rings is 1. The van der Waals surface area contributed by atoms with E-state index >= 15 is 0 Å². The third-order valence-electron chi connectivity index (χ3n) is 3.85. The van der Waals surface area contributed by atoms with Gasteiger partial charge in [0, 0.05) is 24.1 Å². The number of aromatic nitrogens is 2. The fourth-order valence-corrected chi connectivity index (χ4v) is 2.69. The first-order valence-corrected chi connectivity index (χ1v) is 10.3. The van der Waals surface area contributed by atoms with Gasteiger partial charge in [-0.25, -0.2) is 9.48 Å². The van der Waals surface area contributed by atoms with Crippen molar-refractivity contribution in [2.45, 2.75) is 59.7 Å². The first-order chi connectivity index (χ1) is 13.0. The predicted molar refractivity (Wildman–Crippen MR) is 114 cm³/mol. The molecule has 0 aliphatic heterocycles. The monoisotopic (exact) mass is 451 g/mol. The minimum Gasteiger partial charge on any atom is -0.444 e. The lowest BCUT2D eigenvalue weighted by molar-refractivity contribution is 0.0283. The first kappa shape index (κ1) is 22.3. The highest BCUT2D eigenvalue weighted by atomic mass is 79.9. The van der Waals surface area contributed by atoms with Gasteiger partial charge in [0.2, 0.25) is 5.88 Å². The molecule has 1 aromatic carbocycles. The molecule has 1 aromatic heterocycles. The molecule has 0 unspecified atom stereocenters. The van der Waals surface area contributed by atoms with Crippen LogP contribution < -0.4 is 4.74 Å². The summed E-state index contributed by atoms with van der Waals surface area (Å²) in [5, 5.41) is 4.65. The second kappa shape index (κ2) is 9.45. The summed E-state index contributed by atoms with van der Waals surface area (Å²) in [5.74, 6) is 1.95. The van der Waals surface area contributed by atoms with Crippen molar-refractivity contribution in [3.8, 4) is 11.6 Å². The predicted octanol–water partition coefficient (Wildman–Crippen LogP) is 5.85. The summed E-state index contributed by atoms with van der Waals surface area (Å²) < 4.78 is 14.3. The van der Waals surface area contributed by atoms with E-state index in [4.69, 9.17) is 9.47 Å². The normalized spacial score (nSPS) is 11.6. The van der Waals surface area contributed by atoms with Gasteiger partial charge in [-0.05, 0) is 57.4 Å². The van der Waals surface area contributed by atoms with Crippen LogP contribution >= 0.6 is 15.9 Å². The number of hydrogen-bond acceptors (Lipinski definition) is 4. The highest BCUT2D eigenvalue weighted by Crippen LogP contribution is 2.25. The van der Waals surface area contributed by atoms with Gasteiger partial charge in [-0.1, -0.05) is 29.8 Å². The molecule has 0 atom stereocenters. The number of halogens is 1. The van der Waals surface area contributed by atoms with E-state index < -0.39 is 5.60 Å². The molecule has 1 heterocycles. The fourth-order valence-electron chi connectivity index (χ4n) is 2.42. The zero-order chi connectivity index (χ0) is 20.9. The molecule has 6 nitrogen and oxygen atoms in total. The summed E-state index contributed by atoms with van der Waals surface area (Å²) >= 11 is 3.43. The third kappa shape index (κ3) is 7.19. The zero-order valence-electron chi connectivity index (χ0n) is 17.5. The molecule has 0 aliphatic rings. The van der Waals surface area contributed by atoms with E-state index in [0.29, 0.717) is 18.3 Å².